The van der Waals surface area contributed by atoms with Crippen LogP contribution < -0.4 is 5.32 Å². The summed E-state index contributed by atoms with van der Waals surface area (Å²) in [6, 6.07) is 16.2. The molecule has 4 rings (SSSR count). The third-order valence-corrected chi connectivity index (χ3v) is 6.78. The van der Waals surface area contributed by atoms with Crippen molar-refractivity contribution in [2.45, 2.75) is 18.8 Å². The molecule has 0 bridgehead atoms. The molecule has 0 saturated carbocycles. The van der Waals surface area contributed by atoms with Crippen LogP contribution in [0.15, 0.2) is 61.2 Å². The predicted octanol–water partition coefficient (Wildman–Crippen LogP) is 3.42. The lowest BCUT2D eigenvalue weighted by atomic mass is 9.78. The third-order valence-electron chi connectivity index (χ3n) is 6.78. The van der Waals surface area contributed by atoms with Crippen LogP contribution in [0, 0.1) is 5.41 Å². The van der Waals surface area contributed by atoms with Gasteiger partial charge in [-0.3, -0.25) is 9.59 Å². The number of hydrogen-bond acceptors (Lipinski definition) is 5. The second-order valence-corrected chi connectivity index (χ2v) is 8.94. The first-order valence-electron chi connectivity index (χ1n) is 11.7. The number of fused-ring (bicyclic) bond motifs is 3. The molecule has 0 aromatic heterocycles. The Bertz CT molecular complexity index is 1060. The number of rotatable bonds is 9. The topological polar surface area (TPSA) is 105 Å². The van der Waals surface area contributed by atoms with Gasteiger partial charge in [0.05, 0.1) is 5.41 Å². The second kappa shape index (κ2) is 10.7. The molecule has 35 heavy (non-hydrogen) atoms. The standard InChI is InChI=1S/C27H30N2O6/c1-2-13-29(16-24(30)31)25(32)27(11-14-34-15-12-27)18-28-26(33)35-17-23-21-9-5-3-7-19(21)20-8-4-6-10-22(20)23/h2-10,23H,1,11-18H2,(H,28,33)(H,30,31). The highest BCUT2D eigenvalue weighted by Crippen LogP contribution is 2.44. The summed E-state index contributed by atoms with van der Waals surface area (Å²) in [5, 5.41) is 12.0. The largest absolute Gasteiger partial charge is 0.480 e. The molecular formula is C27H30N2O6. The van der Waals surface area contributed by atoms with Crippen molar-refractivity contribution in [1.29, 1.82) is 0 Å². The molecule has 8 heteroatoms. The summed E-state index contributed by atoms with van der Waals surface area (Å²) in [6.07, 6.45) is 1.64. The smallest absolute Gasteiger partial charge is 0.407 e. The number of aliphatic carboxylic acids is 1. The zero-order chi connectivity index (χ0) is 24.8. The maximum absolute atomic E-state index is 13.4. The average molecular weight is 479 g/mol. The fraction of sp³-hybridized carbons (Fsp3) is 0.370. The van der Waals surface area contributed by atoms with Crippen molar-refractivity contribution in [3.8, 4) is 11.1 Å². The Balaban J connectivity index is 1.42. The first-order valence-corrected chi connectivity index (χ1v) is 11.7. The van der Waals surface area contributed by atoms with Crippen molar-refractivity contribution in [2.75, 3.05) is 39.5 Å². The number of alkyl carbamates (subject to hydrolysis) is 1. The quantitative estimate of drug-likeness (QED) is 0.535. The lowest BCUT2D eigenvalue weighted by Gasteiger charge is -2.39. The van der Waals surface area contributed by atoms with Gasteiger partial charge in [-0.25, -0.2) is 4.79 Å². The molecule has 0 spiro atoms. The number of nitrogens with one attached hydrogen (secondary N) is 1. The molecule has 184 valence electrons. The lowest BCUT2D eigenvalue weighted by molar-refractivity contribution is -0.153. The van der Waals surface area contributed by atoms with Crippen molar-refractivity contribution >= 4 is 18.0 Å². The van der Waals surface area contributed by atoms with Gasteiger partial charge in [0.25, 0.3) is 0 Å². The molecule has 1 aliphatic heterocycles. The van der Waals surface area contributed by atoms with Gasteiger partial charge in [-0.2, -0.15) is 0 Å². The Morgan fingerprint density at radius 1 is 1.09 bits per heavy atom. The zero-order valence-corrected chi connectivity index (χ0v) is 19.6. The highest BCUT2D eigenvalue weighted by atomic mass is 16.5. The Hall–Kier alpha value is -3.65. The van der Waals surface area contributed by atoms with Crippen LogP contribution in [0.5, 0.6) is 0 Å². The van der Waals surface area contributed by atoms with Crippen LogP contribution >= 0.6 is 0 Å². The monoisotopic (exact) mass is 478 g/mol. The minimum atomic E-state index is -1.10. The summed E-state index contributed by atoms with van der Waals surface area (Å²) in [6.45, 7) is 4.22. The number of hydrogen-bond donors (Lipinski definition) is 2. The Labute approximate surface area is 204 Å². The van der Waals surface area contributed by atoms with E-state index in [2.05, 4.69) is 24.0 Å². The highest BCUT2D eigenvalue weighted by molar-refractivity contribution is 5.87. The SMILES string of the molecule is C=CCN(CC(=O)O)C(=O)C1(CNC(=O)OCC2c3ccccc3-c3ccccc32)CCOCC1. The second-order valence-electron chi connectivity index (χ2n) is 8.94. The van der Waals surface area contributed by atoms with Crippen LogP contribution in [0.4, 0.5) is 4.79 Å². The van der Waals surface area contributed by atoms with Crippen molar-refractivity contribution in [2.24, 2.45) is 5.41 Å². The number of carbonyl (C=O) groups is 3. The molecule has 1 aliphatic carbocycles. The van der Waals surface area contributed by atoms with Crippen LogP contribution in [0.2, 0.25) is 0 Å². The average Bonchev–Trinajstić information content (AvgIpc) is 3.19. The van der Waals surface area contributed by atoms with E-state index < -0.39 is 24.0 Å². The number of amides is 2. The van der Waals surface area contributed by atoms with Crippen molar-refractivity contribution < 1.29 is 29.0 Å². The number of benzene rings is 2. The number of carbonyl (C=O) groups excluding carboxylic acids is 2. The van der Waals surface area contributed by atoms with E-state index in [1.807, 2.05) is 36.4 Å². The first kappa shape index (κ1) is 24.5. The number of carboxylic acid groups (broad SMARTS) is 1. The van der Waals surface area contributed by atoms with E-state index in [1.165, 1.54) is 11.0 Å². The third kappa shape index (κ3) is 5.22. The molecule has 2 aromatic rings. The molecule has 1 saturated heterocycles. The minimum absolute atomic E-state index is 0.0408. The summed E-state index contributed by atoms with van der Waals surface area (Å²) in [4.78, 5) is 38.6. The fourth-order valence-electron chi connectivity index (χ4n) is 4.99. The molecule has 2 aliphatic rings. The van der Waals surface area contributed by atoms with Gasteiger partial charge in [-0.15, -0.1) is 6.58 Å². The molecular weight excluding hydrogens is 448 g/mol. The summed E-state index contributed by atoms with van der Waals surface area (Å²) < 4.78 is 11.0. The maximum atomic E-state index is 13.4. The van der Waals surface area contributed by atoms with Crippen LogP contribution in [-0.2, 0) is 19.1 Å². The van der Waals surface area contributed by atoms with Crippen LogP contribution in [-0.4, -0.2) is 67.4 Å². The van der Waals surface area contributed by atoms with Crippen molar-refractivity contribution in [1.82, 2.24) is 10.2 Å². The van der Waals surface area contributed by atoms with E-state index in [0.717, 1.165) is 22.3 Å². The van der Waals surface area contributed by atoms with Gasteiger partial charge >= 0.3 is 12.1 Å². The van der Waals surface area contributed by atoms with Gasteiger partial charge in [-0.05, 0) is 35.1 Å². The van der Waals surface area contributed by atoms with E-state index in [1.54, 1.807) is 0 Å². The predicted molar refractivity (Wildman–Crippen MR) is 130 cm³/mol. The van der Waals surface area contributed by atoms with E-state index in [9.17, 15) is 19.5 Å². The molecule has 2 N–H and O–H groups in total. The van der Waals surface area contributed by atoms with E-state index >= 15 is 0 Å². The Kier molecular flexibility index (Phi) is 7.51. The van der Waals surface area contributed by atoms with Gasteiger partial charge in [0.1, 0.15) is 13.2 Å². The number of ether oxygens (including phenoxy) is 2. The van der Waals surface area contributed by atoms with Crippen molar-refractivity contribution in [3.63, 3.8) is 0 Å². The molecule has 8 nitrogen and oxygen atoms in total. The van der Waals surface area contributed by atoms with E-state index in [4.69, 9.17) is 9.47 Å². The maximum Gasteiger partial charge on any atom is 0.407 e. The summed E-state index contributed by atoms with van der Waals surface area (Å²) >= 11 is 0. The van der Waals surface area contributed by atoms with Gasteiger partial charge in [0.15, 0.2) is 0 Å². The van der Waals surface area contributed by atoms with Crippen molar-refractivity contribution in [3.05, 3.63) is 72.3 Å². The summed E-state index contributed by atoms with van der Waals surface area (Å²) in [5.74, 6) is -1.50. The zero-order valence-electron chi connectivity index (χ0n) is 19.6. The van der Waals surface area contributed by atoms with Gasteiger partial charge in [-0.1, -0.05) is 54.6 Å². The summed E-state index contributed by atoms with van der Waals surface area (Å²) in [7, 11) is 0. The number of carboxylic acids is 1. The fourth-order valence-corrected chi connectivity index (χ4v) is 4.99. The molecule has 1 heterocycles. The van der Waals surface area contributed by atoms with Crippen LogP contribution in [0.1, 0.15) is 29.9 Å². The van der Waals surface area contributed by atoms with Gasteiger partial charge in [0.2, 0.25) is 5.91 Å². The van der Waals surface area contributed by atoms with E-state index in [-0.39, 0.29) is 31.5 Å². The Morgan fingerprint density at radius 3 is 2.26 bits per heavy atom. The Morgan fingerprint density at radius 2 is 1.69 bits per heavy atom. The molecule has 0 unspecified atom stereocenters. The van der Waals surface area contributed by atoms with Crippen LogP contribution in [0.25, 0.3) is 11.1 Å². The molecule has 2 aromatic carbocycles. The molecule has 2 amide bonds. The molecule has 1 fully saturated rings. The minimum Gasteiger partial charge on any atom is -0.480 e. The van der Waals surface area contributed by atoms with Gasteiger partial charge < -0.3 is 24.8 Å². The molecule has 0 radical (unpaired) electrons. The first-order chi connectivity index (χ1) is 16.9. The van der Waals surface area contributed by atoms with Gasteiger partial charge in [0, 0.05) is 32.2 Å². The highest BCUT2D eigenvalue weighted by Gasteiger charge is 2.43. The normalized spacial score (nSPS) is 16.0. The lowest BCUT2D eigenvalue weighted by Crippen LogP contribution is -2.53. The summed E-state index contributed by atoms with van der Waals surface area (Å²) in [5.41, 5.74) is 3.56. The number of nitrogens with zero attached hydrogens (tertiary/aromatic N) is 1. The van der Waals surface area contributed by atoms with E-state index in [0.29, 0.717) is 26.1 Å². The van der Waals surface area contributed by atoms with Crippen LogP contribution in [0.3, 0.4) is 0 Å². The molecule has 0 atom stereocenters.